The second kappa shape index (κ2) is 10.0. The molecule has 1 aromatic carbocycles. The van der Waals surface area contributed by atoms with Crippen LogP contribution in [-0.4, -0.2) is 74.8 Å². The molecule has 0 spiro atoms. The van der Waals surface area contributed by atoms with Crippen LogP contribution in [0.5, 0.6) is 5.75 Å². The van der Waals surface area contributed by atoms with Crippen LogP contribution >= 0.6 is 0 Å². The van der Waals surface area contributed by atoms with Gasteiger partial charge in [-0.15, -0.1) is 0 Å². The van der Waals surface area contributed by atoms with Crippen molar-refractivity contribution >= 4 is 21.5 Å². The van der Waals surface area contributed by atoms with E-state index in [9.17, 15) is 76.0 Å². The van der Waals surface area contributed by atoms with E-state index in [1.165, 1.54) is 0 Å². The summed E-state index contributed by atoms with van der Waals surface area (Å²) in [7, 11) is -3.99. The zero-order valence-electron chi connectivity index (χ0n) is 17.5. The van der Waals surface area contributed by atoms with Crippen LogP contribution in [0.4, 0.5) is 58.4 Å². The minimum absolute atomic E-state index is 0.433. The lowest BCUT2D eigenvalue weighted by Gasteiger charge is -2.38. The first kappa shape index (κ1) is 32.0. The molecule has 8 nitrogen and oxygen atoms in total. The molecular weight excluding hydrogens is 578 g/mol. The van der Waals surface area contributed by atoms with Gasteiger partial charge < -0.3 is 9.47 Å². The third-order valence-electron chi connectivity index (χ3n) is 4.26. The first-order chi connectivity index (χ1) is 16.3. The van der Waals surface area contributed by atoms with Crippen molar-refractivity contribution in [3.8, 4) is 5.75 Å². The summed E-state index contributed by atoms with van der Waals surface area (Å²) in [6.45, 7) is -4.86. The molecule has 21 heteroatoms. The number of rotatable bonds is 12. The van der Waals surface area contributed by atoms with Crippen molar-refractivity contribution in [1.29, 1.82) is 0 Å². The Bertz CT molecular complexity index is 1140. The van der Waals surface area contributed by atoms with Gasteiger partial charge in [0.1, 0.15) is 0 Å². The molecule has 0 bridgehead atoms. The predicted octanol–water partition coefficient (Wildman–Crippen LogP) is 4.36. The number of carbonyl (C=O) groups excluding carboxylic acids is 1. The Kier molecular flexibility index (Phi) is 8.70. The maximum atomic E-state index is 13.6. The van der Waals surface area contributed by atoms with Crippen LogP contribution in [0.15, 0.2) is 23.1 Å². The Hall–Kier alpha value is -3.00. The number of alkyl halides is 12. The zero-order valence-corrected chi connectivity index (χ0v) is 18.3. The van der Waals surface area contributed by atoms with Gasteiger partial charge in [-0.05, 0) is 12.1 Å². The van der Waals surface area contributed by atoms with E-state index in [0.29, 0.717) is 18.4 Å². The Labute approximate surface area is 197 Å². The molecule has 0 aliphatic rings. The van der Waals surface area contributed by atoms with E-state index in [4.69, 9.17) is 0 Å². The lowest BCUT2D eigenvalue weighted by molar-refractivity contribution is -0.414. The van der Waals surface area contributed by atoms with Crippen molar-refractivity contribution in [2.75, 3.05) is 19.5 Å². The fraction of sp³-hybridized carbons (Fsp3) is 0.562. The molecule has 0 aromatic heterocycles. The van der Waals surface area contributed by atoms with E-state index in [1.54, 1.807) is 0 Å². The smallest absolute Gasteiger partial charge is 0.384 e. The van der Waals surface area contributed by atoms with Crippen LogP contribution in [0.2, 0.25) is 0 Å². The number of carbonyl (C=O) groups is 1. The Morgan fingerprint density at radius 1 is 0.973 bits per heavy atom. The summed E-state index contributed by atoms with van der Waals surface area (Å²) >= 11 is 0. The molecule has 0 N–H and O–H groups in total. The first-order valence-corrected chi connectivity index (χ1v) is 10.7. The van der Waals surface area contributed by atoms with Gasteiger partial charge in [0.2, 0.25) is 0 Å². The molecular formula is C16H11F12NO7S. The molecule has 0 heterocycles. The fourth-order valence-corrected chi connectivity index (χ4v) is 2.85. The summed E-state index contributed by atoms with van der Waals surface area (Å²) in [6, 6.07) is 1.74. The molecule has 0 amide bonds. The number of nitro benzene ring substituents is 1. The van der Waals surface area contributed by atoms with Crippen molar-refractivity contribution in [1.82, 2.24) is 0 Å². The second-order valence-corrected chi connectivity index (χ2v) is 8.98. The maximum absolute atomic E-state index is 13.6. The number of ether oxygens (including phenoxy) is 2. The highest BCUT2D eigenvalue weighted by atomic mass is 32.2. The summed E-state index contributed by atoms with van der Waals surface area (Å²) in [5.74, 6) is -39.9. The highest BCUT2D eigenvalue weighted by Crippen LogP contribution is 2.58. The van der Waals surface area contributed by atoms with Gasteiger partial charge in [-0.1, -0.05) is 0 Å². The van der Waals surface area contributed by atoms with Gasteiger partial charge in [0.05, 0.1) is 9.82 Å². The lowest BCUT2D eigenvalue weighted by atomic mass is 9.94. The number of hydrogen-bond acceptors (Lipinski definition) is 7. The van der Waals surface area contributed by atoms with Gasteiger partial charge in [0.25, 0.3) is 0 Å². The average Bonchev–Trinajstić information content (AvgIpc) is 2.74. The third kappa shape index (κ3) is 5.95. The normalized spacial score (nSPS) is 14.0. The summed E-state index contributed by atoms with van der Waals surface area (Å²) in [6.07, 6.45) is -5.03. The van der Waals surface area contributed by atoms with Crippen LogP contribution in [-0.2, 0) is 19.4 Å². The molecule has 1 rings (SSSR count). The quantitative estimate of drug-likeness (QED) is 0.154. The molecule has 212 valence electrons. The van der Waals surface area contributed by atoms with E-state index in [1.807, 2.05) is 0 Å². The predicted molar refractivity (Wildman–Crippen MR) is 93.4 cm³/mol. The van der Waals surface area contributed by atoms with Crippen molar-refractivity contribution in [2.24, 2.45) is 0 Å². The van der Waals surface area contributed by atoms with Gasteiger partial charge in [-0.25, -0.2) is 22.0 Å². The van der Waals surface area contributed by atoms with E-state index in [0.717, 1.165) is 6.07 Å². The second-order valence-electron chi connectivity index (χ2n) is 6.96. The SMILES string of the molecule is CS(=O)(=O)c1ccc(OCC(=O)OCC(F)(F)C(F)(F)C(F)(F)C(F)(F)C(F)(F)C(F)F)c([N+](=O)[O-])c1. The molecule has 0 aliphatic heterocycles. The Morgan fingerprint density at radius 2 is 1.49 bits per heavy atom. The van der Waals surface area contributed by atoms with E-state index < -0.39 is 86.3 Å². The monoisotopic (exact) mass is 589 g/mol. The van der Waals surface area contributed by atoms with Crippen LogP contribution in [0.25, 0.3) is 0 Å². The summed E-state index contributed by atoms with van der Waals surface area (Å²) in [5.41, 5.74) is -1.12. The minimum atomic E-state index is -7.81. The summed E-state index contributed by atoms with van der Waals surface area (Å²) in [4.78, 5) is 20.6. The van der Waals surface area contributed by atoms with Crippen molar-refractivity contribution in [2.45, 2.75) is 40.9 Å². The molecule has 0 saturated heterocycles. The van der Waals surface area contributed by atoms with Crippen LogP contribution in [0.3, 0.4) is 0 Å². The Balaban J connectivity index is 3.05. The van der Waals surface area contributed by atoms with E-state index >= 15 is 0 Å². The molecule has 1 aromatic rings. The summed E-state index contributed by atoms with van der Waals surface area (Å²) in [5, 5.41) is 11.0. The molecule has 0 fully saturated rings. The molecule has 0 saturated carbocycles. The fourth-order valence-electron chi connectivity index (χ4n) is 2.21. The lowest BCUT2D eigenvalue weighted by Crippen LogP contribution is -2.69. The minimum Gasteiger partial charge on any atom is -0.475 e. The van der Waals surface area contributed by atoms with Gasteiger partial charge in [0, 0.05) is 12.3 Å². The van der Waals surface area contributed by atoms with Crippen molar-refractivity contribution in [3.05, 3.63) is 28.3 Å². The number of nitro groups is 1. The topological polar surface area (TPSA) is 113 Å². The number of sulfone groups is 1. The number of benzene rings is 1. The van der Waals surface area contributed by atoms with Crippen molar-refractivity contribution in [3.63, 3.8) is 0 Å². The molecule has 37 heavy (non-hydrogen) atoms. The third-order valence-corrected chi connectivity index (χ3v) is 5.37. The largest absolute Gasteiger partial charge is 0.475 e. The number of halogens is 12. The highest BCUT2D eigenvalue weighted by Gasteiger charge is 2.87. The van der Waals surface area contributed by atoms with Crippen LogP contribution in [0.1, 0.15) is 0 Å². The van der Waals surface area contributed by atoms with Crippen LogP contribution < -0.4 is 4.74 Å². The maximum Gasteiger partial charge on any atom is 0.384 e. The molecule has 0 unspecified atom stereocenters. The molecule has 0 aliphatic carbocycles. The van der Waals surface area contributed by atoms with Gasteiger partial charge >= 0.3 is 47.7 Å². The van der Waals surface area contributed by atoms with E-state index in [2.05, 4.69) is 9.47 Å². The average molecular weight is 589 g/mol. The number of esters is 1. The highest BCUT2D eigenvalue weighted by molar-refractivity contribution is 7.90. The van der Waals surface area contributed by atoms with Gasteiger partial charge in [0.15, 0.2) is 28.8 Å². The standard InChI is InChI=1S/C16H11F12NO7S/c1-37(33,34)7-2-3-9(8(4-7)29(31)32)35-5-10(30)36-6-12(19,20)14(23,24)16(27,28)15(25,26)13(21,22)11(17)18/h2-4,11H,5-6H2,1H3. The van der Waals surface area contributed by atoms with Crippen molar-refractivity contribution < 1.29 is 80.3 Å². The number of nitrogens with zero attached hydrogens (tertiary/aromatic N) is 1. The van der Waals surface area contributed by atoms with Gasteiger partial charge in [-0.3, -0.25) is 10.1 Å². The molecule has 0 radical (unpaired) electrons. The van der Waals surface area contributed by atoms with Crippen LogP contribution in [0, 0.1) is 10.1 Å². The van der Waals surface area contributed by atoms with E-state index in [-0.39, 0.29) is 0 Å². The number of hydrogen-bond donors (Lipinski definition) is 0. The molecule has 0 atom stereocenters. The van der Waals surface area contributed by atoms with Gasteiger partial charge in [-0.2, -0.15) is 43.9 Å². The first-order valence-electron chi connectivity index (χ1n) is 8.78. The summed E-state index contributed by atoms with van der Waals surface area (Å²) < 4.78 is 188. The Morgan fingerprint density at radius 3 is 1.92 bits per heavy atom. The zero-order chi connectivity index (χ0) is 29.4.